The number of hydrogen-bond acceptors (Lipinski definition) is 0. The van der Waals surface area contributed by atoms with Crippen LogP contribution >= 0.6 is 0 Å². The van der Waals surface area contributed by atoms with E-state index in [-0.39, 0.29) is 11.1 Å². The number of halogens is 6. The van der Waals surface area contributed by atoms with E-state index in [1.807, 2.05) is 25.6 Å². The van der Waals surface area contributed by atoms with Crippen LogP contribution in [0.4, 0.5) is 26.3 Å². The molecule has 26 heavy (non-hydrogen) atoms. The third-order valence-electron chi connectivity index (χ3n) is 2.75. The van der Waals surface area contributed by atoms with Crippen LogP contribution in [0.15, 0.2) is 24.3 Å². The summed E-state index contributed by atoms with van der Waals surface area (Å²) in [7, 11) is -1.64. The lowest BCUT2D eigenvalue weighted by Crippen LogP contribution is -2.16. The highest BCUT2D eigenvalue weighted by molar-refractivity contribution is 6.83. The molecule has 0 nitrogen and oxygen atoms in total. The maximum Gasteiger partial charge on any atom is 0.161 e. The second-order valence-electron chi connectivity index (χ2n) is 6.14. The zero-order valence-electron chi connectivity index (χ0n) is 14.2. The molecule has 136 valence electrons. The van der Waals surface area contributed by atoms with Crippen LogP contribution in [0.3, 0.4) is 0 Å². The van der Waals surface area contributed by atoms with Crippen molar-refractivity contribution < 1.29 is 26.3 Å². The van der Waals surface area contributed by atoms with E-state index >= 15 is 0 Å². The van der Waals surface area contributed by atoms with Gasteiger partial charge in [-0.15, -0.1) is 12.0 Å². The second-order valence-corrected chi connectivity index (χ2v) is 10.9. The molecule has 0 saturated carbocycles. The molecule has 0 heterocycles. The first-order valence-electron chi connectivity index (χ1n) is 7.23. The normalized spacial score (nSPS) is 10.2. The van der Waals surface area contributed by atoms with Gasteiger partial charge in [-0.05, 0) is 12.1 Å². The summed E-state index contributed by atoms with van der Waals surface area (Å²) < 4.78 is 75.5. The Hall–Kier alpha value is -2.64. The Morgan fingerprint density at radius 1 is 0.654 bits per heavy atom. The lowest BCUT2D eigenvalue weighted by molar-refractivity contribution is 0.494. The summed E-state index contributed by atoms with van der Waals surface area (Å²) in [6.07, 6.45) is 4.79. The molecule has 2 aromatic rings. The highest BCUT2D eigenvalue weighted by atomic mass is 28.3. The molecule has 0 unspecified atom stereocenters. The minimum Gasteiger partial charge on any atom is -0.206 e. The third-order valence-corrected chi connectivity index (χ3v) is 3.62. The van der Waals surface area contributed by atoms with Crippen molar-refractivity contribution >= 4 is 8.07 Å². The maximum absolute atomic E-state index is 13.1. The van der Waals surface area contributed by atoms with Crippen LogP contribution in [0.5, 0.6) is 0 Å². The van der Waals surface area contributed by atoms with Gasteiger partial charge in [-0.2, -0.15) is 0 Å². The topological polar surface area (TPSA) is 0 Å². The van der Waals surface area contributed by atoms with E-state index in [1.165, 1.54) is 0 Å². The quantitative estimate of drug-likeness (QED) is 0.246. The molecular weight excluding hydrogens is 370 g/mol. The molecule has 2 rings (SSSR count). The van der Waals surface area contributed by atoms with Crippen molar-refractivity contribution in [3.8, 4) is 23.8 Å². The number of rotatable bonds is 0. The molecule has 0 aromatic heterocycles. The summed E-state index contributed by atoms with van der Waals surface area (Å²) in [5, 5.41) is 0. The lowest BCUT2D eigenvalue weighted by Gasteiger charge is -2.03. The first kappa shape index (κ1) is 21.4. The van der Waals surface area contributed by atoms with Crippen LogP contribution in [-0.4, -0.2) is 8.07 Å². The van der Waals surface area contributed by atoms with Gasteiger partial charge in [-0.1, -0.05) is 31.5 Å². The summed E-state index contributed by atoms with van der Waals surface area (Å²) in [6, 6.07) is 2.37. The average molecular weight is 384 g/mol. The Morgan fingerprint density at radius 3 is 1.46 bits per heavy atom. The fraction of sp³-hybridized carbons (Fsp3) is 0.158. The van der Waals surface area contributed by atoms with Crippen LogP contribution in [0.25, 0.3) is 0 Å². The summed E-state index contributed by atoms with van der Waals surface area (Å²) in [5.74, 6) is -1.95. The van der Waals surface area contributed by atoms with Crippen molar-refractivity contribution in [3.63, 3.8) is 0 Å². The van der Waals surface area contributed by atoms with Gasteiger partial charge in [0.1, 0.15) is 19.7 Å². The van der Waals surface area contributed by atoms with Crippen molar-refractivity contribution in [2.75, 3.05) is 0 Å². The molecule has 0 aliphatic rings. The molecule has 0 fully saturated rings. The van der Waals surface area contributed by atoms with Gasteiger partial charge in [0.2, 0.25) is 0 Å². The molecule has 0 radical (unpaired) electrons. The summed E-state index contributed by atoms with van der Waals surface area (Å²) in [6.45, 7) is 5.95. The number of benzene rings is 2. The smallest absolute Gasteiger partial charge is 0.161 e. The van der Waals surface area contributed by atoms with Gasteiger partial charge in [-0.25, -0.2) is 26.3 Å². The molecule has 0 bridgehead atoms. The third kappa shape index (κ3) is 6.34. The van der Waals surface area contributed by atoms with Crippen LogP contribution in [0.2, 0.25) is 19.6 Å². The van der Waals surface area contributed by atoms with Crippen molar-refractivity contribution in [3.05, 3.63) is 70.3 Å². The largest absolute Gasteiger partial charge is 0.206 e. The molecular formula is C19H14F6Si. The minimum atomic E-state index is -1.64. The summed E-state index contributed by atoms with van der Waals surface area (Å²) in [5.41, 5.74) is 2.52. The van der Waals surface area contributed by atoms with E-state index in [1.54, 1.807) is 0 Å². The van der Waals surface area contributed by atoms with Crippen LogP contribution in [0, 0.1) is 58.7 Å². The van der Waals surface area contributed by atoms with Crippen molar-refractivity contribution in [2.24, 2.45) is 0 Å². The highest BCUT2D eigenvalue weighted by Crippen LogP contribution is 2.13. The van der Waals surface area contributed by atoms with Gasteiger partial charge < -0.3 is 0 Å². The molecule has 2 aromatic carbocycles. The SMILES string of the molecule is C#Cc1cc(F)c(F)cc1F.C[Si](C)(C)C#Cc1cc(F)c(F)cc1F. The van der Waals surface area contributed by atoms with E-state index in [9.17, 15) is 26.3 Å². The molecule has 0 spiro atoms. The van der Waals surface area contributed by atoms with Gasteiger partial charge in [0, 0.05) is 12.1 Å². The summed E-state index contributed by atoms with van der Waals surface area (Å²) in [4.78, 5) is 0. The molecule has 0 aliphatic heterocycles. The zero-order valence-corrected chi connectivity index (χ0v) is 15.2. The van der Waals surface area contributed by atoms with Crippen molar-refractivity contribution in [1.29, 1.82) is 0 Å². The predicted octanol–water partition coefficient (Wildman–Crippen LogP) is 5.42. The second kappa shape index (κ2) is 8.64. The average Bonchev–Trinajstić information content (AvgIpc) is 2.53. The maximum atomic E-state index is 13.1. The Labute approximate surface area is 148 Å². The van der Waals surface area contributed by atoms with Crippen LogP contribution in [-0.2, 0) is 0 Å². The Balaban J connectivity index is 0.000000273. The molecule has 0 amide bonds. The van der Waals surface area contributed by atoms with Crippen molar-refractivity contribution in [2.45, 2.75) is 19.6 Å². The fourth-order valence-electron chi connectivity index (χ4n) is 1.51. The highest BCUT2D eigenvalue weighted by Gasteiger charge is 2.10. The van der Waals surface area contributed by atoms with Crippen molar-refractivity contribution in [1.82, 2.24) is 0 Å². The van der Waals surface area contributed by atoms with Gasteiger partial charge in [0.15, 0.2) is 23.3 Å². The standard InChI is InChI=1S/C11H11F3Si.C8H3F3/c1-15(2,3)5-4-8-6-10(13)11(14)7-9(8)12;1-2-5-3-7(10)8(11)4-6(5)9/h6-7H,1-3H3;1,3-4H. The van der Waals surface area contributed by atoms with E-state index in [0.717, 1.165) is 6.07 Å². The molecule has 0 saturated heterocycles. The Kier molecular flexibility index (Phi) is 7.11. The lowest BCUT2D eigenvalue weighted by atomic mass is 10.2. The van der Waals surface area contributed by atoms with E-state index in [2.05, 4.69) is 11.5 Å². The first-order chi connectivity index (χ1) is 11.9. The fourth-order valence-corrected chi connectivity index (χ4v) is 2.02. The van der Waals surface area contributed by atoms with Crippen LogP contribution < -0.4 is 0 Å². The molecule has 0 aliphatic carbocycles. The Morgan fingerprint density at radius 2 is 1.04 bits per heavy atom. The van der Waals surface area contributed by atoms with E-state index in [4.69, 9.17) is 6.42 Å². The van der Waals surface area contributed by atoms with Gasteiger partial charge >= 0.3 is 0 Å². The van der Waals surface area contributed by atoms with Crippen LogP contribution in [0.1, 0.15) is 11.1 Å². The summed E-state index contributed by atoms with van der Waals surface area (Å²) >= 11 is 0. The molecule has 7 heteroatoms. The van der Waals surface area contributed by atoms with Gasteiger partial charge in [0.05, 0.1) is 11.1 Å². The minimum absolute atomic E-state index is 0.0867. The predicted molar refractivity (Wildman–Crippen MR) is 90.8 cm³/mol. The Bertz CT molecular complexity index is 911. The first-order valence-corrected chi connectivity index (χ1v) is 10.7. The van der Waals surface area contributed by atoms with E-state index in [0.29, 0.717) is 18.2 Å². The van der Waals surface area contributed by atoms with Gasteiger partial charge in [-0.3, -0.25) is 0 Å². The van der Waals surface area contributed by atoms with Gasteiger partial charge in [0.25, 0.3) is 0 Å². The molecule has 0 N–H and O–H groups in total. The number of hydrogen-bond donors (Lipinski definition) is 0. The monoisotopic (exact) mass is 384 g/mol. The zero-order chi connectivity index (χ0) is 20.1. The van der Waals surface area contributed by atoms with E-state index < -0.39 is 43.0 Å². The number of terminal acetylenes is 1. The molecule has 0 atom stereocenters.